The van der Waals surface area contributed by atoms with Crippen LogP contribution in [0.4, 0.5) is 5.69 Å². The summed E-state index contributed by atoms with van der Waals surface area (Å²) in [5, 5.41) is 15.1. The lowest BCUT2D eigenvalue weighted by atomic mass is 10.1. The minimum absolute atomic E-state index is 0.0265. The molecule has 0 saturated heterocycles. The number of ether oxygens (including phenoxy) is 1. The summed E-state index contributed by atoms with van der Waals surface area (Å²) in [5.74, 6) is 0.831. The topological polar surface area (TPSA) is 112 Å². The summed E-state index contributed by atoms with van der Waals surface area (Å²) >= 11 is 6.12. The number of benzene rings is 2. The van der Waals surface area contributed by atoms with Crippen LogP contribution in [0.15, 0.2) is 47.0 Å². The lowest BCUT2D eigenvalue weighted by Crippen LogP contribution is -2.36. The molecule has 30 heavy (non-hydrogen) atoms. The molecule has 3 aromatic rings. The molecule has 1 aromatic heterocycles. The highest BCUT2D eigenvalue weighted by Gasteiger charge is 2.25. The highest BCUT2D eigenvalue weighted by atomic mass is 35.5. The normalized spacial score (nSPS) is 10.8. The number of aromatic nitrogens is 2. The maximum Gasteiger partial charge on any atom is 0.270 e. The molecular weight excluding hydrogens is 412 g/mol. The maximum atomic E-state index is 13.0. The van der Waals surface area contributed by atoms with Crippen LogP contribution in [0.3, 0.4) is 0 Å². The van der Waals surface area contributed by atoms with Gasteiger partial charge in [0.25, 0.3) is 11.6 Å². The Morgan fingerprint density at radius 2 is 1.97 bits per heavy atom. The zero-order chi connectivity index (χ0) is 21.8. The number of hydrogen-bond acceptors (Lipinski definition) is 7. The summed E-state index contributed by atoms with van der Waals surface area (Å²) in [6.07, 6.45) is 0. The van der Waals surface area contributed by atoms with Gasteiger partial charge in [0.1, 0.15) is 12.3 Å². The first-order valence-corrected chi connectivity index (χ1v) is 9.40. The van der Waals surface area contributed by atoms with E-state index in [-0.39, 0.29) is 34.8 Å². The smallest absolute Gasteiger partial charge is 0.270 e. The van der Waals surface area contributed by atoms with Crippen molar-refractivity contribution in [3.05, 3.63) is 69.1 Å². The predicted octanol–water partition coefficient (Wildman–Crippen LogP) is 4.36. The van der Waals surface area contributed by atoms with E-state index in [1.807, 2.05) is 13.8 Å². The summed E-state index contributed by atoms with van der Waals surface area (Å²) < 4.78 is 10.4. The highest BCUT2D eigenvalue weighted by Crippen LogP contribution is 2.25. The molecule has 0 aliphatic rings. The zero-order valence-corrected chi connectivity index (χ0v) is 17.3. The number of methoxy groups -OCH3 is 1. The van der Waals surface area contributed by atoms with Crippen molar-refractivity contribution >= 4 is 23.2 Å². The number of carbonyl (C=O) groups excluding carboxylic acids is 1. The van der Waals surface area contributed by atoms with Crippen molar-refractivity contribution in [2.45, 2.75) is 26.4 Å². The van der Waals surface area contributed by atoms with Crippen molar-refractivity contribution in [1.82, 2.24) is 15.0 Å². The fourth-order valence-corrected chi connectivity index (χ4v) is 2.95. The Kier molecular flexibility index (Phi) is 6.31. The van der Waals surface area contributed by atoms with E-state index < -0.39 is 10.8 Å². The second-order valence-electron chi connectivity index (χ2n) is 6.69. The standard InChI is InChI=1S/C20H19ClN4O5/c1-12(2)24(20(26)16-10-14(25(27)28)6-9-17(16)21)11-18-22-19(23-30-18)13-4-7-15(29-3)8-5-13/h4-10,12H,11H2,1-3H3. The van der Waals surface area contributed by atoms with Gasteiger partial charge in [0.05, 0.1) is 22.6 Å². The van der Waals surface area contributed by atoms with Crippen molar-refractivity contribution in [2.24, 2.45) is 0 Å². The summed E-state index contributed by atoms with van der Waals surface area (Å²) in [4.78, 5) is 29.3. The number of amides is 1. The molecule has 1 heterocycles. The van der Waals surface area contributed by atoms with E-state index in [1.165, 1.54) is 17.0 Å². The Bertz CT molecular complexity index is 1070. The van der Waals surface area contributed by atoms with E-state index in [9.17, 15) is 14.9 Å². The van der Waals surface area contributed by atoms with Crippen LogP contribution in [0, 0.1) is 10.1 Å². The van der Waals surface area contributed by atoms with Crippen LogP contribution in [0.1, 0.15) is 30.1 Å². The molecule has 0 radical (unpaired) electrons. The molecular formula is C20H19ClN4O5. The lowest BCUT2D eigenvalue weighted by Gasteiger charge is -2.25. The molecule has 9 nitrogen and oxygen atoms in total. The van der Waals surface area contributed by atoms with Gasteiger partial charge in [-0.15, -0.1) is 0 Å². The first-order chi connectivity index (χ1) is 14.3. The van der Waals surface area contributed by atoms with Gasteiger partial charge in [-0.2, -0.15) is 4.98 Å². The number of rotatable bonds is 7. The van der Waals surface area contributed by atoms with Gasteiger partial charge in [0, 0.05) is 23.7 Å². The number of nitrogens with zero attached hydrogens (tertiary/aromatic N) is 4. The number of nitro groups is 1. The lowest BCUT2D eigenvalue weighted by molar-refractivity contribution is -0.384. The molecule has 0 unspecified atom stereocenters. The SMILES string of the molecule is COc1ccc(-c2noc(CN(C(=O)c3cc([N+](=O)[O-])ccc3Cl)C(C)C)n2)cc1. The van der Waals surface area contributed by atoms with E-state index >= 15 is 0 Å². The average molecular weight is 431 g/mol. The highest BCUT2D eigenvalue weighted by molar-refractivity contribution is 6.33. The van der Waals surface area contributed by atoms with Gasteiger partial charge in [0.15, 0.2) is 0 Å². The zero-order valence-electron chi connectivity index (χ0n) is 16.5. The third-order valence-corrected chi connectivity index (χ3v) is 4.73. The number of non-ortho nitro benzene ring substituents is 1. The van der Waals surface area contributed by atoms with Crippen LogP contribution in [0.25, 0.3) is 11.4 Å². The fourth-order valence-electron chi connectivity index (χ4n) is 2.76. The Labute approximate surface area is 177 Å². The Balaban J connectivity index is 1.84. The molecule has 0 fully saturated rings. The first-order valence-electron chi connectivity index (χ1n) is 9.02. The monoisotopic (exact) mass is 430 g/mol. The molecule has 0 bridgehead atoms. The van der Waals surface area contributed by atoms with Crippen molar-refractivity contribution in [3.8, 4) is 17.1 Å². The molecule has 0 saturated carbocycles. The molecule has 1 amide bonds. The molecule has 2 aromatic carbocycles. The number of hydrogen-bond donors (Lipinski definition) is 0. The summed E-state index contributed by atoms with van der Waals surface area (Å²) in [7, 11) is 1.58. The van der Waals surface area contributed by atoms with Gasteiger partial charge in [-0.05, 0) is 44.2 Å². The van der Waals surface area contributed by atoms with Crippen molar-refractivity contribution in [1.29, 1.82) is 0 Å². The van der Waals surface area contributed by atoms with E-state index in [0.29, 0.717) is 11.6 Å². The molecule has 10 heteroatoms. The molecule has 156 valence electrons. The third-order valence-electron chi connectivity index (χ3n) is 4.40. The molecule has 0 spiro atoms. The third kappa shape index (κ3) is 4.57. The van der Waals surface area contributed by atoms with Gasteiger partial charge < -0.3 is 14.2 Å². The van der Waals surface area contributed by atoms with E-state index in [2.05, 4.69) is 10.1 Å². The van der Waals surface area contributed by atoms with Gasteiger partial charge in [-0.25, -0.2) is 0 Å². The van der Waals surface area contributed by atoms with Crippen LogP contribution < -0.4 is 4.74 Å². The van der Waals surface area contributed by atoms with Crippen LogP contribution in [0.2, 0.25) is 5.02 Å². The molecule has 0 aliphatic carbocycles. The van der Waals surface area contributed by atoms with Crippen LogP contribution in [-0.2, 0) is 6.54 Å². The van der Waals surface area contributed by atoms with Crippen LogP contribution in [0.5, 0.6) is 5.75 Å². The van der Waals surface area contributed by atoms with Gasteiger partial charge in [-0.3, -0.25) is 14.9 Å². The van der Waals surface area contributed by atoms with Gasteiger partial charge in [-0.1, -0.05) is 16.8 Å². The van der Waals surface area contributed by atoms with Crippen molar-refractivity contribution < 1.29 is 19.0 Å². The van der Waals surface area contributed by atoms with Gasteiger partial charge >= 0.3 is 0 Å². The molecule has 0 aliphatic heterocycles. The molecule has 0 N–H and O–H groups in total. The Hall–Kier alpha value is -3.46. The van der Waals surface area contributed by atoms with E-state index in [0.717, 1.165) is 11.6 Å². The summed E-state index contributed by atoms with van der Waals surface area (Å²) in [6.45, 7) is 3.65. The largest absolute Gasteiger partial charge is 0.497 e. The van der Waals surface area contributed by atoms with Gasteiger partial charge in [0.2, 0.25) is 11.7 Å². The van der Waals surface area contributed by atoms with Crippen LogP contribution >= 0.6 is 11.6 Å². The fraction of sp³-hybridized carbons (Fsp3) is 0.250. The number of halogens is 1. The first kappa shape index (κ1) is 21.3. The molecule has 3 rings (SSSR count). The number of carbonyl (C=O) groups is 1. The molecule has 0 atom stereocenters. The minimum Gasteiger partial charge on any atom is -0.497 e. The second kappa shape index (κ2) is 8.91. The quantitative estimate of drug-likeness (QED) is 0.404. The van der Waals surface area contributed by atoms with E-state index in [1.54, 1.807) is 31.4 Å². The maximum absolute atomic E-state index is 13.0. The van der Waals surface area contributed by atoms with Crippen molar-refractivity contribution in [2.75, 3.05) is 7.11 Å². The number of nitro benzene ring substituents is 1. The summed E-state index contributed by atoms with van der Waals surface area (Å²) in [6, 6.07) is 10.6. The summed E-state index contributed by atoms with van der Waals surface area (Å²) in [5.41, 5.74) is 0.551. The Morgan fingerprint density at radius 1 is 1.27 bits per heavy atom. The van der Waals surface area contributed by atoms with Crippen molar-refractivity contribution in [3.63, 3.8) is 0 Å². The average Bonchev–Trinajstić information content (AvgIpc) is 3.20. The Morgan fingerprint density at radius 3 is 2.57 bits per heavy atom. The minimum atomic E-state index is -0.577. The van der Waals surface area contributed by atoms with Crippen LogP contribution in [-0.4, -0.2) is 39.0 Å². The predicted molar refractivity (Wildman–Crippen MR) is 109 cm³/mol. The second-order valence-corrected chi connectivity index (χ2v) is 7.10. The van der Waals surface area contributed by atoms with E-state index in [4.69, 9.17) is 20.9 Å².